The van der Waals surface area contributed by atoms with E-state index < -0.39 is 23.0 Å². The molecular weight excluding hydrogens is 282 g/mol. The number of para-hydroxylation sites is 1. The minimum atomic E-state index is -1.52. The molecule has 118 valence electrons. The number of amides is 2. The van der Waals surface area contributed by atoms with E-state index >= 15 is 0 Å². The van der Waals surface area contributed by atoms with Crippen LogP contribution in [0, 0.1) is 5.41 Å². The molecule has 1 aromatic heterocycles. The molecule has 5 N–H and O–H groups in total. The second-order valence-electron chi connectivity index (χ2n) is 6.40. The van der Waals surface area contributed by atoms with E-state index in [0.29, 0.717) is 0 Å². The lowest BCUT2D eigenvalue weighted by molar-refractivity contribution is -0.148. The van der Waals surface area contributed by atoms with Gasteiger partial charge in [0.1, 0.15) is 0 Å². The first-order valence-corrected chi connectivity index (χ1v) is 7.01. The van der Waals surface area contributed by atoms with E-state index in [1.807, 2.05) is 24.3 Å². The van der Waals surface area contributed by atoms with Crippen LogP contribution in [0.5, 0.6) is 0 Å². The van der Waals surface area contributed by atoms with E-state index in [-0.39, 0.29) is 6.42 Å². The molecule has 2 rings (SSSR count). The van der Waals surface area contributed by atoms with Crippen molar-refractivity contribution in [1.82, 2.24) is 4.98 Å². The van der Waals surface area contributed by atoms with E-state index in [4.69, 9.17) is 16.2 Å². The van der Waals surface area contributed by atoms with Gasteiger partial charge < -0.3 is 21.2 Å². The Morgan fingerprint density at radius 1 is 1.18 bits per heavy atom. The molecule has 0 aliphatic heterocycles. The van der Waals surface area contributed by atoms with Crippen molar-refractivity contribution in [1.29, 1.82) is 0 Å². The van der Waals surface area contributed by atoms with E-state index in [2.05, 4.69) is 4.98 Å². The monoisotopic (exact) mass is 303 g/mol. The van der Waals surface area contributed by atoms with Gasteiger partial charge in [0.15, 0.2) is 0 Å². The number of rotatable bonds is 4. The van der Waals surface area contributed by atoms with E-state index in [1.54, 1.807) is 27.0 Å². The van der Waals surface area contributed by atoms with Gasteiger partial charge in [-0.3, -0.25) is 4.79 Å². The van der Waals surface area contributed by atoms with Gasteiger partial charge in [0.25, 0.3) is 5.91 Å². The average Bonchev–Trinajstić information content (AvgIpc) is 2.79. The van der Waals surface area contributed by atoms with Crippen molar-refractivity contribution in [2.24, 2.45) is 16.9 Å². The summed E-state index contributed by atoms with van der Waals surface area (Å²) in [5.74, 6) is -0.718. The number of carbonyl (C=O) groups excluding carboxylic acids is 2. The molecule has 6 heteroatoms. The molecule has 0 spiro atoms. The predicted molar refractivity (Wildman–Crippen MR) is 84.1 cm³/mol. The van der Waals surface area contributed by atoms with Crippen molar-refractivity contribution in [2.75, 3.05) is 0 Å². The lowest BCUT2D eigenvalue weighted by Gasteiger charge is -2.40. The van der Waals surface area contributed by atoms with Gasteiger partial charge in [-0.2, -0.15) is 0 Å². The minimum absolute atomic E-state index is 0.152. The molecule has 2 amide bonds. The zero-order valence-electron chi connectivity index (χ0n) is 13.0. The Hall–Kier alpha value is -2.50. The highest BCUT2D eigenvalue weighted by atomic mass is 16.6. The Balaban J connectivity index is 2.54. The number of hydrogen-bond acceptors (Lipinski definition) is 3. The summed E-state index contributed by atoms with van der Waals surface area (Å²) in [6.45, 7) is 5.36. The van der Waals surface area contributed by atoms with Crippen molar-refractivity contribution in [3.63, 3.8) is 0 Å². The summed E-state index contributed by atoms with van der Waals surface area (Å²) >= 11 is 0. The fourth-order valence-corrected chi connectivity index (χ4v) is 2.68. The first-order valence-electron chi connectivity index (χ1n) is 7.01. The third-order valence-electron chi connectivity index (χ3n) is 4.00. The van der Waals surface area contributed by atoms with Crippen LogP contribution in [0.2, 0.25) is 0 Å². The SMILES string of the molecule is CC(C)(C)C(Cc1c[nH]c2ccccc12)(OC(N)=O)C(N)=O. The smallest absolute Gasteiger partial charge is 0.405 e. The van der Waals surface area contributed by atoms with E-state index in [1.165, 1.54) is 0 Å². The molecule has 0 saturated carbocycles. The van der Waals surface area contributed by atoms with Gasteiger partial charge in [-0.15, -0.1) is 0 Å². The van der Waals surface area contributed by atoms with Gasteiger partial charge in [0.05, 0.1) is 0 Å². The number of hydrogen-bond donors (Lipinski definition) is 3. The third-order valence-corrected chi connectivity index (χ3v) is 4.00. The summed E-state index contributed by atoms with van der Waals surface area (Å²) in [6, 6.07) is 7.67. The zero-order chi connectivity index (χ0) is 16.5. The summed E-state index contributed by atoms with van der Waals surface area (Å²) in [5, 5.41) is 0.949. The number of carbonyl (C=O) groups is 2. The highest BCUT2D eigenvalue weighted by Gasteiger charge is 2.51. The van der Waals surface area contributed by atoms with Crippen molar-refractivity contribution in [2.45, 2.75) is 32.8 Å². The summed E-state index contributed by atoms with van der Waals surface area (Å²) in [5.41, 5.74) is 10.3. The quantitative estimate of drug-likeness (QED) is 0.803. The van der Waals surface area contributed by atoms with Crippen LogP contribution >= 0.6 is 0 Å². The average molecular weight is 303 g/mol. The Kier molecular flexibility index (Phi) is 3.87. The molecule has 0 saturated heterocycles. The molecule has 0 aliphatic carbocycles. The Bertz CT molecular complexity index is 715. The van der Waals surface area contributed by atoms with Gasteiger partial charge in [-0.1, -0.05) is 39.0 Å². The minimum Gasteiger partial charge on any atom is -0.432 e. The fraction of sp³-hybridized carbons (Fsp3) is 0.375. The Morgan fingerprint density at radius 3 is 2.36 bits per heavy atom. The zero-order valence-corrected chi connectivity index (χ0v) is 13.0. The third kappa shape index (κ3) is 2.64. The van der Waals surface area contributed by atoms with Crippen LogP contribution in [0.15, 0.2) is 30.5 Å². The molecule has 0 bridgehead atoms. The number of benzene rings is 1. The topological polar surface area (TPSA) is 111 Å². The molecule has 0 aliphatic rings. The summed E-state index contributed by atoms with van der Waals surface area (Å²) in [6.07, 6.45) is 0.922. The number of fused-ring (bicyclic) bond motifs is 1. The van der Waals surface area contributed by atoms with E-state index in [9.17, 15) is 9.59 Å². The number of aromatic nitrogens is 1. The largest absolute Gasteiger partial charge is 0.432 e. The maximum atomic E-state index is 12.1. The lowest BCUT2D eigenvalue weighted by Crippen LogP contribution is -2.58. The molecule has 6 nitrogen and oxygen atoms in total. The number of H-pyrrole nitrogens is 1. The summed E-state index contributed by atoms with van der Waals surface area (Å²) < 4.78 is 5.24. The summed E-state index contributed by atoms with van der Waals surface area (Å²) in [7, 11) is 0. The molecule has 22 heavy (non-hydrogen) atoms. The van der Waals surface area contributed by atoms with Crippen molar-refractivity contribution < 1.29 is 14.3 Å². The molecule has 1 aromatic carbocycles. The number of nitrogens with one attached hydrogen (secondary N) is 1. The van der Waals surface area contributed by atoms with Crippen LogP contribution in [-0.4, -0.2) is 22.6 Å². The van der Waals surface area contributed by atoms with Crippen LogP contribution in [0.1, 0.15) is 26.3 Å². The van der Waals surface area contributed by atoms with E-state index in [0.717, 1.165) is 16.5 Å². The Labute approximate surface area is 128 Å². The van der Waals surface area contributed by atoms with Crippen molar-refractivity contribution in [3.8, 4) is 0 Å². The van der Waals surface area contributed by atoms with Crippen molar-refractivity contribution in [3.05, 3.63) is 36.0 Å². The normalized spacial score (nSPS) is 14.5. The first-order chi connectivity index (χ1) is 10.2. The van der Waals surface area contributed by atoms with Gasteiger partial charge in [0, 0.05) is 28.9 Å². The second kappa shape index (κ2) is 5.36. The molecule has 1 heterocycles. The molecule has 1 atom stereocenters. The standard InChI is InChI=1S/C16H21N3O3/c1-15(2,3)16(13(17)20,22-14(18)21)8-10-9-19-12-7-5-4-6-11(10)12/h4-7,9,19H,8H2,1-3H3,(H2,17,20)(H2,18,21). The maximum absolute atomic E-state index is 12.1. The molecule has 2 aromatic rings. The number of aromatic amines is 1. The van der Waals surface area contributed by atoms with Gasteiger partial charge in [0.2, 0.25) is 5.60 Å². The van der Waals surface area contributed by atoms with Gasteiger partial charge in [-0.25, -0.2) is 4.79 Å². The first kappa shape index (κ1) is 15.9. The predicted octanol–water partition coefficient (Wildman–Crippen LogP) is 2.08. The van der Waals surface area contributed by atoms with Crippen molar-refractivity contribution >= 4 is 22.9 Å². The molecule has 0 fully saturated rings. The molecule has 0 radical (unpaired) electrons. The number of primary amides is 2. The number of ether oxygens (including phenoxy) is 1. The van der Waals surface area contributed by atoms with Crippen LogP contribution in [0.25, 0.3) is 10.9 Å². The highest BCUT2D eigenvalue weighted by Crippen LogP contribution is 2.38. The number of nitrogens with two attached hydrogens (primary N) is 2. The molecular formula is C16H21N3O3. The molecule has 1 unspecified atom stereocenters. The van der Waals surface area contributed by atoms with Crippen LogP contribution in [0.4, 0.5) is 4.79 Å². The van der Waals surface area contributed by atoms with Gasteiger partial charge in [-0.05, 0) is 11.6 Å². The second-order valence-corrected chi connectivity index (χ2v) is 6.40. The van der Waals surface area contributed by atoms with Crippen LogP contribution in [-0.2, 0) is 16.0 Å². The van der Waals surface area contributed by atoms with Crippen LogP contribution in [0.3, 0.4) is 0 Å². The Morgan fingerprint density at radius 2 is 1.82 bits per heavy atom. The highest BCUT2D eigenvalue weighted by molar-refractivity contribution is 5.89. The lowest BCUT2D eigenvalue weighted by atomic mass is 9.72. The maximum Gasteiger partial charge on any atom is 0.405 e. The fourth-order valence-electron chi connectivity index (χ4n) is 2.68. The summed E-state index contributed by atoms with van der Waals surface area (Å²) in [4.78, 5) is 26.6. The van der Waals surface area contributed by atoms with Gasteiger partial charge >= 0.3 is 6.09 Å². The van der Waals surface area contributed by atoms with Crippen LogP contribution < -0.4 is 11.5 Å².